The maximum atomic E-state index is 3.49. The van der Waals surface area contributed by atoms with Gasteiger partial charge < -0.3 is 5.32 Å². The molecule has 1 aromatic carbocycles. The summed E-state index contributed by atoms with van der Waals surface area (Å²) < 4.78 is 0. The Morgan fingerprint density at radius 2 is 2.16 bits per heavy atom. The van der Waals surface area contributed by atoms with E-state index in [1.807, 2.05) is 11.3 Å². The van der Waals surface area contributed by atoms with Crippen LogP contribution in [-0.2, 0) is 6.42 Å². The maximum absolute atomic E-state index is 3.49. The summed E-state index contributed by atoms with van der Waals surface area (Å²) in [6.45, 7) is 0. The van der Waals surface area contributed by atoms with Gasteiger partial charge in [-0.2, -0.15) is 0 Å². The van der Waals surface area contributed by atoms with Crippen LogP contribution in [0.4, 0.5) is 0 Å². The molecule has 19 heavy (non-hydrogen) atoms. The van der Waals surface area contributed by atoms with Crippen molar-refractivity contribution in [1.82, 2.24) is 5.32 Å². The van der Waals surface area contributed by atoms with Gasteiger partial charge in [0.25, 0.3) is 0 Å². The van der Waals surface area contributed by atoms with Crippen LogP contribution in [0.25, 0.3) is 0 Å². The summed E-state index contributed by atoms with van der Waals surface area (Å²) in [7, 11) is 2.08. The van der Waals surface area contributed by atoms with Gasteiger partial charge in [-0.3, -0.25) is 0 Å². The van der Waals surface area contributed by atoms with E-state index in [-0.39, 0.29) is 0 Å². The van der Waals surface area contributed by atoms with E-state index in [0.717, 1.165) is 0 Å². The number of thiophene rings is 1. The van der Waals surface area contributed by atoms with Crippen molar-refractivity contribution in [2.24, 2.45) is 0 Å². The van der Waals surface area contributed by atoms with Crippen LogP contribution in [0.5, 0.6) is 0 Å². The van der Waals surface area contributed by atoms with Gasteiger partial charge in [0.05, 0.1) is 0 Å². The predicted molar refractivity (Wildman–Crippen MR) is 82.9 cm³/mol. The first-order valence-electron chi connectivity index (χ1n) is 7.17. The van der Waals surface area contributed by atoms with E-state index >= 15 is 0 Å². The van der Waals surface area contributed by atoms with E-state index in [9.17, 15) is 0 Å². The summed E-state index contributed by atoms with van der Waals surface area (Å²) in [6.07, 6.45) is 5.15. The van der Waals surface area contributed by atoms with Crippen LogP contribution in [-0.4, -0.2) is 7.05 Å². The summed E-state index contributed by atoms with van der Waals surface area (Å²) in [5, 5.41) is 5.67. The zero-order valence-electron chi connectivity index (χ0n) is 11.4. The Hall–Kier alpha value is -1.12. The van der Waals surface area contributed by atoms with E-state index < -0.39 is 0 Å². The molecule has 0 bridgehead atoms. The molecule has 2 heteroatoms. The molecular formula is C17H21NS. The summed E-state index contributed by atoms with van der Waals surface area (Å²) in [5.74, 6) is 0.712. The van der Waals surface area contributed by atoms with Crippen LogP contribution in [0.3, 0.4) is 0 Å². The minimum atomic E-state index is 0.496. The van der Waals surface area contributed by atoms with Crippen LogP contribution in [0.15, 0.2) is 41.8 Å². The molecule has 0 amide bonds. The van der Waals surface area contributed by atoms with Crippen LogP contribution >= 0.6 is 11.3 Å². The number of nitrogens with one attached hydrogen (secondary N) is 1. The SMILES string of the molecule is CNC(CC1CCCc2ccccc21)c1cccs1. The van der Waals surface area contributed by atoms with Gasteiger partial charge in [-0.05, 0) is 61.2 Å². The molecule has 1 aliphatic rings. The Morgan fingerprint density at radius 3 is 2.95 bits per heavy atom. The Labute approximate surface area is 119 Å². The first kappa shape index (κ1) is 12.9. The number of fused-ring (bicyclic) bond motifs is 1. The molecule has 0 saturated heterocycles. The molecule has 2 atom stereocenters. The van der Waals surface area contributed by atoms with E-state index in [1.54, 1.807) is 11.1 Å². The van der Waals surface area contributed by atoms with Gasteiger partial charge >= 0.3 is 0 Å². The molecule has 0 fully saturated rings. The van der Waals surface area contributed by atoms with E-state index in [4.69, 9.17) is 0 Å². The second kappa shape index (κ2) is 5.89. The van der Waals surface area contributed by atoms with Crippen LogP contribution in [0, 0.1) is 0 Å². The first-order valence-corrected chi connectivity index (χ1v) is 8.05. The molecule has 0 saturated carbocycles. The molecule has 1 heterocycles. The number of aryl methyl sites for hydroxylation is 1. The third kappa shape index (κ3) is 2.75. The fraction of sp³-hybridized carbons (Fsp3) is 0.412. The van der Waals surface area contributed by atoms with E-state index in [1.165, 1.54) is 30.6 Å². The Kier molecular flexibility index (Phi) is 4.00. The largest absolute Gasteiger partial charge is 0.312 e. The average molecular weight is 271 g/mol. The topological polar surface area (TPSA) is 12.0 Å². The second-order valence-corrected chi connectivity index (χ2v) is 6.36. The van der Waals surface area contributed by atoms with Crippen molar-refractivity contribution in [1.29, 1.82) is 0 Å². The molecule has 0 aliphatic heterocycles. The molecule has 100 valence electrons. The summed E-state index contributed by atoms with van der Waals surface area (Å²) >= 11 is 1.86. The molecule has 2 aromatic rings. The molecule has 0 radical (unpaired) electrons. The lowest BCUT2D eigenvalue weighted by molar-refractivity contribution is 0.444. The zero-order valence-corrected chi connectivity index (χ0v) is 12.2. The van der Waals surface area contributed by atoms with Gasteiger partial charge in [0, 0.05) is 10.9 Å². The molecule has 1 aliphatic carbocycles. The molecule has 1 aromatic heterocycles. The lowest BCUT2D eigenvalue weighted by Crippen LogP contribution is -2.20. The van der Waals surface area contributed by atoms with Crippen molar-refractivity contribution < 1.29 is 0 Å². The highest BCUT2D eigenvalue weighted by molar-refractivity contribution is 7.10. The number of rotatable bonds is 4. The summed E-state index contributed by atoms with van der Waals surface area (Å²) in [4.78, 5) is 1.46. The van der Waals surface area contributed by atoms with Gasteiger partial charge in [-0.25, -0.2) is 0 Å². The molecular weight excluding hydrogens is 250 g/mol. The fourth-order valence-corrected chi connectivity index (χ4v) is 4.10. The Bertz CT molecular complexity index is 518. The normalized spacial score (nSPS) is 19.9. The molecule has 1 N–H and O–H groups in total. The summed E-state index contributed by atoms with van der Waals surface area (Å²) in [6, 6.07) is 13.9. The van der Waals surface area contributed by atoms with Crippen molar-refractivity contribution in [2.45, 2.75) is 37.6 Å². The molecule has 0 spiro atoms. The minimum absolute atomic E-state index is 0.496. The number of hydrogen-bond donors (Lipinski definition) is 1. The Balaban J connectivity index is 1.80. The third-order valence-corrected chi connectivity index (χ3v) is 5.23. The Morgan fingerprint density at radius 1 is 1.26 bits per heavy atom. The molecule has 1 nitrogen and oxygen atoms in total. The second-order valence-electron chi connectivity index (χ2n) is 5.38. The summed E-state index contributed by atoms with van der Waals surface area (Å²) in [5.41, 5.74) is 3.16. The monoisotopic (exact) mass is 271 g/mol. The fourth-order valence-electron chi connectivity index (χ4n) is 3.25. The van der Waals surface area contributed by atoms with Crippen molar-refractivity contribution in [3.63, 3.8) is 0 Å². The van der Waals surface area contributed by atoms with Gasteiger partial charge in [-0.1, -0.05) is 30.3 Å². The first-order chi connectivity index (χ1) is 9.38. The van der Waals surface area contributed by atoms with Crippen molar-refractivity contribution in [2.75, 3.05) is 7.05 Å². The smallest absolute Gasteiger partial charge is 0.0418 e. The maximum Gasteiger partial charge on any atom is 0.0418 e. The highest BCUT2D eigenvalue weighted by Gasteiger charge is 2.23. The number of hydrogen-bond acceptors (Lipinski definition) is 2. The minimum Gasteiger partial charge on any atom is -0.312 e. The lowest BCUT2D eigenvalue weighted by atomic mass is 9.79. The van der Waals surface area contributed by atoms with Crippen LogP contribution < -0.4 is 5.32 Å². The van der Waals surface area contributed by atoms with Crippen LogP contribution in [0.2, 0.25) is 0 Å². The van der Waals surface area contributed by atoms with E-state index in [2.05, 4.69) is 54.1 Å². The van der Waals surface area contributed by atoms with Crippen molar-refractivity contribution >= 4 is 11.3 Å². The van der Waals surface area contributed by atoms with Gasteiger partial charge in [0.1, 0.15) is 0 Å². The zero-order chi connectivity index (χ0) is 13.1. The highest BCUT2D eigenvalue weighted by Crippen LogP contribution is 2.38. The van der Waals surface area contributed by atoms with Gasteiger partial charge in [0.2, 0.25) is 0 Å². The van der Waals surface area contributed by atoms with E-state index in [0.29, 0.717) is 12.0 Å². The van der Waals surface area contributed by atoms with Gasteiger partial charge in [-0.15, -0.1) is 11.3 Å². The standard InChI is InChI=1S/C17H21NS/c1-18-16(17-10-5-11-19-17)12-14-8-4-7-13-6-2-3-9-15(13)14/h2-3,5-6,9-11,14,16,18H,4,7-8,12H2,1H3. The van der Waals surface area contributed by atoms with Crippen LogP contribution in [0.1, 0.15) is 47.2 Å². The van der Waals surface area contributed by atoms with Gasteiger partial charge in [0.15, 0.2) is 0 Å². The molecule has 2 unspecified atom stereocenters. The number of benzene rings is 1. The molecule has 3 rings (SSSR count). The quantitative estimate of drug-likeness (QED) is 0.862. The third-order valence-electron chi connectivity index (χ3n) is 4.25. The predicted octanol–water partition coefficient (Wildman–Crippen LogP) is 4.52. The van der Waals surface area contributed by atoms with Crippen molar-refractivity contribution in [3.8, 4) is 0 Å². The lowest BCUT2D eigenvalue weighted by Gasteiger charge is -2.28. The highest BCUT2D eigenvalue weighted by atomic mass is 32.1. The van der Waals surface area contributed by atoms with Crippen molar-refractivity contribution in [3.05, 3.63) is 57.8 Å². The average Bonchev–Trinajstić information content (AvgIpc) is 2.99.